The largest absolute Gasteiger partial charge is 0.494 e. The van der Waals surface area contributed by atoms with Crippen LogP contribution >= 0.6 is 0 Å². The molecule has 1 aliphatic heterocycles. The van der Waals surface area contributed by atoms with Crippen LogP contribution < -0.4 is 10.1 Å². The second kappa shape index (κ2) is 8.67. The summed E-state index contributed by atoms with van der Waals surface area (Å²) in [6.07, 6.45) is 1.32. The van der Waals surface area contributed by atoms with Crippen molar-refractivity contribution in [1.29, 1.82) is 0 Å². The van der Waals surface area contributed by atoms with Crippen molar-refractivity contribution < 1.29 is 9.53 Å². The van der Waals surface area contributed by atoms with Gasteiger partial charge in [0.15, 0.2) is 0 Å². The number of carbonyl (C=O) groups excluding carboxylic acids is 1. The number of hydrogen-bond donors (Lipinski definition) is 1. The molecule has 0 aromatic heterocycles. The minimum atomic E-state index is 0.249. The number of nitrogens with zero attached hydrogens (tertiary/aromatic N) is 1. The van der Waals surface area contributed by atoms with Crippen LogP contribution in [-0.2, 0) is 11.2 Å². The molecule has 4 heteroatoms. The molecule has 0 spiro atoms. The Hall–Kier alpha value is -2.33. The first kappa shape index (κ1) is 17.5. The van der Waals surface area contributed by atoms with E-state index in [4.69, 9.17) is 4.74 Å². The standard InChI is InChI=1S/C21H26N2O2/c1-2-25-19-8-5-7-18(16-19)20-9-4-3-6-17(20)10-11-21(24)23-14-12-22-13-15-23/h3-9,16,22H,2,10-15H2,1H3. The molecule has 132 valence electrons. The Kier molecular flexibility index (Phi) is 6.07. The quantitative estimate of drug-likeness (QED) is 0.880. The van der Waals surface area contributed by atoms with Gasteiger partial charge in [-0.25, -0.2) is 0 Å². The van der Waals surface area contributed by atoms with E-state index in [0.29, 0.717) is 13.0 Å². The van der Waals surface area contributed by atoms with Gasteiger partial charge >= 0.3 is 0 Å². The van der Waals surface area contributed by atoms with Crippen molar-refractivity contribution >= 4 is 5.91 Å². The monoisotopic (exact) mass is 338 g/mol. The first-order valence-corrected chi connectivity index (χ1v) is 9.07. The van der Waals surface area contributed by atoms with Crippen LogP contribution in [-0.4, -0.2) is 43.6 Å². The smallest absolute Gasteiger partial charge is 0.222 e. The minimum Gasteiger partial charge on any atom is -0.494 e. The van der Waals surface area contributed by atoms with Crippen molar-refractivity contribution in [2.45, 2.75) is 19.8 Å². The maximum absolute atomic E-state index is 12.4. The summed E-state index contributed by atoms with van der Waals surface area (Å²) in [6.45, 7) is 6.07. The Labute approximate surface area is 149 Å². The number of amides is 1. The van der Waals surface area contributed by atoms with E-state index >= 15 is 0 Å². The third kappa shape index (κ3) is 4.60. The highest BCUT2D eigenvalue weighted by Gasteiger charge is 2.16. The molecule has 25 heavy (non-hydrogen) atoms. The lowest BCUT2D eigenvalue weighted by Gasteiger charge is -2.27. The summed E-state index contributed by atoms with van der Waals surface area (Å²) in [5.41, 5.74) is 3.52. The summed E-state index contributed by atoms with van der Waals surface area (Å²) in [6, 6.07) is 16.5. The number of piperazine rings is 1. The summed E-state index contributed by atoms with van der Waals surface area (Å²) < 4.78 is 5.62. The molecular weight excluding hydrogens is 312 g/mol. The molecule has 1 N–H and O–H groups in total. The van der Waals surface area contributed by atoms with Crippen LogP contribution in [0.5, 0.6) is 5.75 Å². The van der Waals surface area contributed by atoms with E-state index in [0.717, 1.165) is 43.9 Å². The minimum absolute atomic E-state index is 0.249. The number of rotatable bonds is 6. The lowest BCUT2D eigenvalue weighted by atomic mass is 9.96. The van der Waals surface area contributed by atoms with Crippen LogP contribution in [0.15, 0.2) is 48.5 Å². The van der Waals surface area contributed by atoms with Crippen LogP contribution in [0.2, 0.25) is 0 Å². The van der Waals surface area contributed by atoms with Crippen molar-refractivity contribution in [3.05, 3.63) is 54.1 Å². The van der Waals surface area contributed by atoms with E-state index < -0.39 is 0 Å². The third-order valence-electron chi connectivity index (χ3n) is 4.55. The van der Waals surface area contributed by atoms with Crippen LogP contribution in [0, 0.1) is 0 Å². The highest BCUT2D eigenvalue weighted by molar-refractivity contribution is 5.77. The molecule has 2 aromatic rings. The van der Waals surface area contributed by atoms with Gasteiger partial charge in [0, 0.05) is 32.6 Å². The first-order valence-electron chi connectivity index (χ1n) is 9.07. The highest BCUT2D eigenvalue weighted by atomic mass is 16.5. The number of benzene rings is 2. The van der Waals surface area contributed by atoms with E-state index in [2.05, 4.69) is 29.6 Å². The first-order chi connectivity index (χ1) is 12.3. The van der Waals surface area contributed by atoms with Gasteiger partial charge in [0.1, 0.15) is 5.75 Å². The molecule has 1 fully saturated rings. The molecule has 0 saturated carbocycles. The molecule has 0 atom stereocenters. The summed E-state index contributed by atoms with van der Waals surface area (Å²) in [7, 11) is 0. The third-order valence-corrected chi connectivity index (χ3v) is 4.55. The fourth-order valence-corrected chi connectivity index (χ4v) is 3.25. The normalized spacial score (nSPS) is 14.4. The second-order valence-corrected chi connectivity index (χ2v) is 6.25. The highest BCUT2D eigenvalue weighted by Crippen LogP contribution is 2.28. The van der Waals surface area contributed by atoms with Crippen LogP contribution in [0.3, 0.4) is 0 Å². The molecule has 0 bridgehead atoms. The van der Waals surface area contributed by atoms with E-state index in [1.165, 1.54) is 11.1 Å². The Morgan fingerprint density at radius 2 is 1.92 bits per heavy atom. The van der Waals surface area contributed by atoms with Gasteiger partial charge in [0.25, 0.3) is 0 Å². The van der Waals surface area contributed by atoms with Gasteiger partial charge in [0.05, 0.1) is 6.61 Å². The van der Waals surface area contributed by atoms with Crippen LogP contribution in [0.1, 0.15) is 18.9 Å². The van der Waals surface area contributed by atoms with Crippen LogP contribution in [0.25, 0.3) is 11.1 Å². The average molecular weight is 338 g/mol. The predicted molar refractivity (Wildman–Crippen MR) is 101 cm³/mol. The molecule has 1 aliphatic rings. The van der Waals surface area contributed by atoms with Crippen molar-refractivity contribution in [2.75, 3.05) is 32.8 Å². The molecule has 1 heterocycles. The topological polar surface area (TPSA) is 41.6 Å². The van der Waals surface area contributed by atoms with Gasteiger partial charge < -0.3 is 15.0 Å². The van der Waals surface area contributed by atoms with E-state index in [-0.39, 0.29) is 5.91 Å². The van der Waals surface area contributed by atoms with Crippen molar-refractivity contribution in [3.63, 3.8) is 0 Å². The van der Waals surface area contributed by atoms with E-state index in [1.807, 2.05) is 36.1 Å². The van der Waals surface area contributed by atoms with Gasteiger partial charge in [0.2, 0.25) is 5.91 Å². The second-order valence-electron chi connectivity index (χ2n) is 6.25. The SMILES string of the molecule is CCOc1cccc(-c2ccccc2CCC(=O)N2CCNCC2)c1. The number of carbonyl (C=O) groups is 1. The Balaban J connectivity index is 1.72. The van der Waals surface area contributed by atoms with Gasteiger partial charge in [-0.2, -0.15) is 0 Å². The molecule has 2 aromatic carbocycles. The van der Waals surface area contributed by atoms with Gasteiger partial charge in [-0.3, -0.25) is 4.79 Å². The van der Waals surface area contributed by atoms with Crippen LogP contribution in [0.4, 0.5) is 0 Å². The molecule has 0 unspecified atom stereocenters. The summed E-state index contributed by atoms with van der Waals surface area (Å²) in [5.74, 6) is 1.13. The number of nitrogens with one attached hydrogen (secondary N) is 1. The average Bonchev–Trinajstić information content (AvgIpc) is 2.67. The van der Waals surface area contributed by atoms with Gasteiger partial charge in [-0.1, -0.05) is 36.4 Å². The summed E-state index contributed by atoms with van der Waals surface area (Å²) >= 11 is 0. The van der Waals surface area contributed by atoms with Crippen molar-refractivity contribution in [2.24, 2.45) is 0 Å². The van der Waals surface area contributed by atoms with Crippen molar-refractivity contribution in [3.8, 4) is 16.9 Å². The zero-order chi connectivity index (χ0) is 17.5. The number of hydrogen-bond acceptors (Lipinski definition) is 3. The fourth-order valence-electron chi connectivity index (χ4n) is 3.25. The number of ether oxygens (including phenoxy) is 1. The molecule has 4 nitrogen and oxygen atoms in total. The molecule has 0 radical (unpaired) electrons. The predicted octanol–water partition coefficient (Wildman–Crippen LogP) is 3.12. The lowest BCUT2D eigenvalue weighted by molar-refractivity contribution is -0.131. The lowest BCUT2D eigenvalue weighted by Crippen LogP contribution is -2.46. The van der Waals surface area contributed by atoms with E-state index in [1.54, 1.807) is 0 Å². The van der Waals surface area contributed by atoms with Gasteiger partial charge in [-0.15, -0.1) is 0 Å². The molecule has 1 saturated heterocycles. The number of aryl methyl sites for hydroxylation is 1. The zero-order valence-electron chi connectivity index (χ0n) is 14.8. The molecule has 3 rings (SSSR count). The molecular formula is C21H26N2O2. The summed E-state index contributed by atoms with van der Waals surface area (Å²) in [5, 5.41) is 3.28. The Morgan fingerprint density at radius 1 is 1.12 bits per heavy atom. The Morgan fingerprint density at radius 3 is 2.72 bits per heavy atom. The maximum atomic E-state index is 12.4. The fraction of sp³-hybridized carbons (Fsp3) is 0.381. The molecule has 1 amide bonds. The summed E-state index contributed by atoms with van der Waals surface area (Å²) in [4.78, 5) is 14.4. The maximum Gasteiger partial charge on any atom is 0.222 e. The molecule has 0 aliphatic carbocycles. The van der Waals surface area contributed by atoms with Crippen molar-refractivity contribution in [1.82, 2.24) is 10.2 Å². The van der Waals surface area contributed by atoms with E-state index in [9.17, 15) is 4.79 Å². The zero-order valence-corrected chi connectivity index (χ0v) is 14.8. The van der Waals surface area contributed by atoms with Gasteiger partial charge in [-0.05, 0) is 42.2 Å². The Bertz CT molecular complexity index is 709.